The summed E-state index contributed by atoms with van der Waals surface area (Å²) < 4.78 is 2.14. The Balaban J connectivity index is 1.39. The smallest absolute Gasteiger partial charge is 0.323 e. The van der Waals surface area contributed by atoms with Crippen LogP contribution in [0.15, 0.2) is 72.8 Å². The molecule has 0 aliphatic heterocycles. The number of urea groups is 1. The zero-order valence-corrected chi connectivity index (χ0v) is 16.8. The van der Waals surface area contributed by atoms with Crippen LogP contribution in [0.5, 0.6) is 0 Å². The minimum absolute atomic E-state index is 0.292. The second-order valence-electron chi connectivity index (χ2n) is 6.86. The molecule has 0 aliphatic carbocycles. The van der Waals surface area contributed by atoms with Crippen LogP contribution in [0, 0.1) is 0 Å². The fourth-order valence-electron chi connectivity index (χ4n) is 3.31. The van der Waals surface area contributed by atoms with E-state index in [9.17, 15) is 4.79 Å². The van der Waals surface area contributed by atoms with E-state index in [1.165, 1.54) is 0 Å². The van der Waals surface area contributed by atoms with Crippen LogP contribution < -0.4 is 10.6 Å². The van der Waals surface area contributed by atoms with Crippen molar-refractivity contribution < 1.29 is 4.79 Å². The van der Waals surface area contributed by atoms with Gasteiger partial charge in [-0.15, -0.1) is 0 Å². The summed E-state index contributed by atoms with van der Waals surface area (Å²) in [6.07, 6.45) is 1.66. The Morgan fingerprint density at radius 3 is 2.48 bits per heavy atom. The van der Waals surface area contributed by atoms with Crippen molar-refractivity contribution in [1.29, 1.82) is 0 Å². The molecule has 0 bridgehead atoms. The monoisotopic (exact) mass is 404 g/mol. The lowest BCUT2D eigenvalue weighted by Crippen LogP contribution is -2.19. The first kappa shape index (κ1) is 19.0. The van der Waals surface area contributed by atoms with Crippen LogP contribution in [-0.2, 0) is 19.9 Å². The second kappa shape index (κ2) is 8.37. The molecule has 0 aliphatic rings. The molecule has 2 N–H and O–H groups in total. The van der Waals surface area contributed by atoms with Crippen molar-refractivity contribution in [2.45, 2.75) is 12.8 Å². The van der Waals surface area contributed by atoms with Gasteiger partial charge in [-0.3, -0.25) is 0 Å². The average Bonchev–Trinajstić information content (AvgIpc) is 3.04. The molecule has 1 aromatic heterocycles. The van der Waals surface area contributed by atoms with E-state index < -0.39 is 0 Å². The normalized spacial score (nSPS) is 10.8. The molecular weight excluding hydrogens is 384 g/mol. The maximum atomic E-state index is 12.2. The van der Waals surface area contributed by atoms with Crippen molar-refractivity contribution in [2.24, 2.45) is 7.05 Å². The van der Waals surface area contributed by atoms with Crippen LogP contribution in [-0.4, -0.2) is 15.6 Å². The number of anilines is 2. The Morgan fingerprint density at radius 2 is 1.69 bits per heavy atom. The highest BCUT2D eigenvalue weighted by Crippen LogP contribution is 2.18. The number of nitrogens with one attached hydrogen (secondary N) is 2. The van der Waals surface area contributed by atoms with Crippen LogP contribution in [0.4, 0.5) is 16.2 Å². The fraction of sp³-hybridized carbons (Fsp3) is 0.130. The van der Waals surface area contributed by atoms with Crippen molar-refractivity contribution in [3.05, 3.63) is 89.2 Å². The summed E-state index contributed by atoms with van der Waals surface area (Å²) in [5.74, 6) is 1.05. The van der Waals surface area contributed by atoms with Gasteiger partial charge in [0.05, 0.1) is 11.0 Å². The lowest BCUT2D eigenvalue weighted by Gasteiger charge is -2.09. The third-order valence-corrected chi connectivity index (χ3v) is 5.06. The molecule has 0 saturated carbocycles. The van der Waals surface area contributed by atoms with E-state index in [1.54, 1.807) is 24.3 Å². The zero-order valence-electron chi connectivity index (χ0n) is 16.0. The van der Waals surface area contributed by atoms with E-state index in [4.69, 9.17) is 16.6 Å². The molecule has 5 nitrogen and oxygen atoms in total. The first-order valence-corrected chi connectivity index (χ1v) is 9.79. The largest absolute Gasteiger partial charge is 0.331 e. The number of benzene rings is 3. The number of aryl methyl sites for hydroxylation is 3. The van der Waals surface area contributed by atoms with E-state index in [1.807, 2.05) is 43.4 Å². The van der Waals surface area contributed by atoms with Gasteiger partial charge in [-0.2, -0.15) is 0 Å². The summed E-state index contributed by atoms with van der Waals surface area (Å²) in [6, 6.07) is 22.7. The van der Waals surface area contributed by atoms with E-state index in [-0.39, 0.29) is 6.03 Å². The summed E-state index contributed by atoms with van der Waals surface area (Å²) in [4.78, 5) is 17.0. The molecule has 0 fully saturated rings. The lowest BCUT2D eigenvalue weighted by molar-refractivity contribution is 0.262. The predicted octanol–water partition coefficient (Wildman–Crippen LogP) is 5.66. The molecule has 0 atom stereocenters. The minimum Gasteiger partial charge on any atom is -0.331 e. The van der Waals surface area contributed by atoms with Crippen molar-refractivity contribution in [3.8, 4) is 0 Å². The van der Waals surface area contributed by atoms with E-state index >= 15 is 0 Å². The first-order chi connectivity index (χ1) is 14.1. The van der Waals surface area contributed by atoms with Crippen LogP contribution >= 0.6 is 11.6 Å². The summed E-state index contributed by atoms with van der Waals surface area (Å²) in [5, 5.41) is 6.30. The maximum absolute atomic E-state index is 12.2. The maximum Gasteiger partial charge on any atom is 0.323 e. The Morgan fingerprint density at radius 1 is 0.931 bits per heavy atom. The first-order valence-electron chi connectivity index (χ1n) is 9.41. The van der Waals surface area contributed by atoms with Gasteiger partial charge in [-0.25, -0.2) is 9.78 Å². The highest BCUT2D eigenvalue weighted by Gasteiger charge is 2.08. The average molecular weight is 405 g/mol. The molecule has 4 aromatic rings. The number of rotatable bonds is 5. The lowest BCUT2D eigenvalue weighted by atomic mass is 10.1. The number of aromatic nitrogens is 2. The summed E-state index contributed by atoms with van der Waals surface area (Å²) in [7, 11) is 2.05. The van der Waals surface area contributed by atoms with Gasteiger partial charge in [0.15, 0.2) is 0 Å². The van der Waals surface area contributed by atoms with Crippen LogP contribution in [0.1, 0.15) is 11.4 Å². The molecule has 6 heteroatoms. The van der Waals surface area contributed by atoms with Gasteiger partial charge in [0.25, 0.3) is 0 Å². The number of halogens is 1. The molecule has 2 amide bonds. The highest BCUT2D eigenvalue weighted by atomic mass is 35.5. The van der Waals surface area contributed by atoms with Gasteiger partial charge in [-0.05, 0) is 60.5 Å². The zero-order chi connectivity index (χ0) is 20.2. The molecule has 0 radical (unpaired) electrons. The molecule has 29 heavy (non-hydrogen) atoms. The SMILES string of the molecule is Cn1c(CCc2cccc(NC(=O)Nc3ccc(Cl)cc3)c2)nc2ccccc21. The Hall–Kier alpha value is -3.31. The quantitative estimate of drug-likeness (QED) is 0.451. The Labute approximate surface area is 174 Å². The Bertz CT molecular complexity index is 1150. The summed E-state index contributed by atoms with van der Waals surface area (Å²) >= 11 is 5.87. The van der Waals surface area contributed by atoms with Crippen LogP contribution in [0.3, 0.4) is 0 Å². The molecule has 3 aromatic carbocycles. The number of nitrogens with zero attached hydrogens (tertiary/aromatic N) is 2. The molecule has 146 valence electrons. The van der Waals surface area contributed by atoms with E-state index in [0.717, 1.165) is 41.0 Å². The second-order valence-corrected chi connectivity index (χ2v) is 7.30. The van der Waals surface area contributed by atoms with Gasteiger partial charge in [0.1, 0.15) is 5.82 Å². The molecule has 1 heterocycles. The van der Waals surface area contributed by atoms with Gasteiger partial charge < -0.3 is 15.2 Å². The van der Waals surface area contributed by atoms with Gasteiger partial charge >= 0.3 is 6.03 Å². The van der Waals surface area contributed by atoms with Crippen LogP contribution in [0.2, 0.25) is 5.02 Å². The highest BCUT2D eigenvalue weighted by molar-refractivity contribution is 6.30. The van der Waals surface area contributed by atoms with Crippen LogP contribution in [0.25, 0.3) is 11.0 Å². The van der Waals surface area contributed by atoms with Gasteiger partial charge in [-0.1, -0.05) is 35.9 Å². The standard InChI is InChI=1S/C23H21ClN4O/c1-28-21-8-3-2-7-20(21)27-22(28)14-9-16-5-4-6-19(15-16)26-23(29)25-18-12-10-17(24)11-13-18/h2-8,10-13,15H,9,14H2,1H3,(H2,25,26,29). The number of carbonyl (C=O) groups is 1. The fourth-order valence-corrected chi connectivity index (χ4v) is 3.43. The number of hydrogen-bond donors (Lipinski definition) is 2. The predicted molar refractivity (Wildman–Crippen MR) is 119 cm³/mol. The minimum atomic E-state index is -0.292. The van der Waals surface area contributed by atoms with E-state index in [2.05, 4.69) is 27.3 Å². The topological polar surface area (TPSA) is 59.0 Å². The van der Waals surface area contributed by atoms with Crippen molar-refractivity contribution in [1.82, 2.24) is 9.55 Å². The molecule has 0 saturated heterocycles. The van der Waals surface area contributed by atoms with Gasteiger partial charge in [0.2, 0.25) is 0 Å². The Kier molecular flexibility index (Phi) is 5.49. The van der Waals surface area contributed by atoms with Gasteiger partial charge in [0, 0.05) is 29.9 Å². The molecule has 4 rings (SSSR count). The third-order valence-electron chi connectivity index (χ3n) is 4.80. The number of amides is 2. The number of imidazole rings is 1. The van der Waals surface area contributed by atoms with Crippen molar-refractivity contribution in [2.75, 3.05) is 10.6 Å². The van der Waals surface area contributed by atoms with Crippen molar-refractivity contribution in [3.63, 3.8) is 0 Å². The van der Waals surface area contributed by atoms with E-state index in [0.29, 0.717) is 10.7 Å². The summed E-state index contributed by atoms with van der Waals surface area (Å²) in [6.45, 7) is 0. The summed E-state index contributed by atoms with van der Waals surface area (Å²) in [5.41, 5.74) is 4.72. The number of carbonyl (C=O) groups excluding carboxylic acids is 1. The number of hydrogen-bond acceptors (Lipinski definition) is 2. The number of fused-ring (bicyclic) bond motifs is 1. The molecule has 0 spiro atoms. The number of para-hydroxylation sites is 2. The third kappa shape index (κ3) is 4.58. The molecular formula is C23H21ClN4O. The van der Waals surface area contributed by atoms with Crippen molar-refractivity contribution >= 4 is 40.0 Å². The molecule has 0 unspecified atom stereocenters.